The number of benzene rings is 1. The second-order valence-corrected chi connectivity index (χ2v) is 7.12. The molecule has 0 radical (unpaired) electrons. The van der Waals surface area contributed by atoms with Crippen LogP contribution in [0.2, 0.25) is 0 Å². The van der Waals surface area contributed by atoms with Crippen LogP contribution in [0.3, 0.4) is 0 Å². The first-order chi connectivity index (χ1) is 8.74. The lowest BCUT2D eigenvalue weighted by molar-refractivity contribution is -0.345. The maximum absolute atomic E-state index is 12.0. The molecule has 1 aromatic rings. The van der Waals surface area contributed by atoms with E-state index in [2.05, 4.69) is 0 Å². The Labute approximate surface area is 114 Å². The van der Waals surface area contributed by atoms with E-state index in [-0.39, 0.29) is 17.3 Å². The number of hydrogen-bond donors (Lipinski definition) is 0. The summed E-state index contributed by atoms with van der Waals surface area (Å²) in [5.41, 5.74) is -0.454. The van der Waals surface area contributed by atoms with Crippen LogP contribution in [0.5, 0.6) is 5.75 Å². The molecule has 0 amide bonds. The maximum Gasteiger partial charge on any atom is 0.180 e. The number of hydrogen-bond acceptors (Lipinski definition) is 5. The fourth-order valence-electron chi connectivity index (χ4n) is 1.26. The van der Waals surface area contributed by atoms with Gasteiger partial charge in [0.1, 0.15) is 5.75 Å². The highest BCUT2D eigenvalue weighted by Gasteiger charge is 2.16. The fraction of sp³-hybridized carbons (Fsp3) is 0.538. The Morgan fingerprint density at radius 3 is 2.16 bits per heavy atom. The van der Waals surface area contributed by atoms with Crippen molar-refractivity contribution in [2.24, 2.45) is 0 Å². The first kappa shape index (κ1) is 15.9. The molecule has 0 saturated carbocycles. The molecule has 0 spiro atoms. The molecule has 0 aromatic heterocycles. The molecule has 0 aliphatic rings. The third-order valence-corrected chi connectivity index (χ3v) is 3.86. The molecule has 0 N–H and O–H groups in total. The van der Waals surface area contributed by atoms with E-state index in [0.717, 1.165) is 0 Å². The molecule has 19 heavy (non-hydrogen) atoms. The van der Waals surface area contributed by atoms with Crippen molar-refractivity contribution in [3.63, 3.8) is 0 Å². The quantitative estimate of drug-likeness (QED) is 0.456. The van der Waals surface area contributed by atoms with E-state index in [1.54, 1.807) is 12.1 Å². The largest absolute Gasteiger partial charge is 0.497 e. The Morgan fingerprint density at radius 1 is 1.11 bits per heavy atom. The number of rotatable bonds is 6. The van der Waals surface area contributed by atoms with Crippen LogP contribution in [0.25, 0.3) is 0 Å². The fourth-order valence-corrected chi connectivity index (χ4v) is 2.34. The Bertz CT molecular complexity index is 485. The van der Waals surface area contributed by atoms with Crippen molar-refractivity contribution >= 4 is 9.84 Å². The van der Waals surface area contributed by atoms with Crippen molar-refractivity contribution in [1.29, 1.82) is 0 Å². The molecule has 0 atom stereocenters. The summed E-state index contributed by atoms with van der Waals surface area (Å²) in [4.78, 5) is 10.2. The highest BCUT2D eigenvalue weighted by atomic mass is 32.2. The van der Waals surface area contributed by atoms with Gasteiger partial charge in [0.15, 0.2) is 9.84 Å². The van der Waals surface area contributed by atoms with Gasteiger partial charge in [-0.3, -0.25) is 0 Å². The SMILES string of the molecule is COc1ccc(S(=O)(=O)CCOOC(C)(C)C)cc1. The van der Waals surface area contributed by atoms with Crippen molar-refractivity contribution in [1.82, 2.24) is 0 Å². The summed E-state index contributed by atoms with van der Waals surface area (Å²) >= 11 is 0. The summed E-state index contributed by atoms with van der Waals surface area (Å²) in [6, 6.07) is 6.25. The van der Waals surface area contributed by atoms with Crippen LogP contribution in [-0.2, 0) is 19.6 Å². The summed E-state index contributed by atoms with van der Waals surface area (Å²) in [5.74, 6) is 0.487. The van der Waals surface area contributed by atoms with Gasteiger partial charge in [0.2, 0.25) is 0 Å². The van der Waals surface area contributed by atoms with Crippen LogP contribution in [-0.4, -0.2) is 33.5 Å². The molecule has 0 unspecified atom stereocenters. The van der Waals surface area contributed by atoms with Crippen LogP contribution >= 0.6 is 0 Å². The van der Waals surface area contributed by atoms with Crippen molar-refractivity contribution in [2.75, 3.05) is 19.5 Å². The Kier molecular flexibility index (Phi) is 5.34. The predicted octanol–water partition coefficient (Wildman–Crippen LogP) is 2.22. The molecular weight excluding hydrogens is 268 g/mol. The summed E-state index contributed by atoms with van der Waals surface area (Å²) in [5, 5.41) is 0. The number of methoxy groups -OCH3 is 1. The van der Waals surface area contributed by atoms with Gasteiger partial charge in [0.05, 0.1) is 30.0 Å². The van der Waals surface area contributed by atoms with Crippen molar-refractivity contribution in [3.8, 4) is 5.75 Å². The Hall–Kier alpha value is -1.11. The third-order valence-electron chi connectivity index (χ3n) is 2.16. The van der Waals surface area contributed by atoms with Crippen LogP contribution in [0.15, 0.2) is 29.2 Å². The molecule has 0 aliphatic carbocycles. The van der Waals surface area contributed by atoms with E-state index in [1.807, 2.05) is 20.8 Å². The Morgan fingerprint density at radius 2 is 1.68 bits per heavy atom. The van der Waals surface area contributed by atoms with Crippen LogP contribution in [0.1, 0.15) is 20.8 Å². The molecule has 5 nitrogen and oxygen atoms in total. The van der Waals surface area contributed by atoms with E-state index in [1.165, 1.54) is 19.2 Å². The molecule has 1 rings (SSSR count). The third kappa shape index (κ3) is 5.59. The van der Waals surface area contributed by atoms with Gasteiger partial charge < -0.3 is 4.74 Å². The van der Waals surface area contributed by atoms with Gasteiger partial charge in [-0.1, -0.05) is 0 Å². The molecule has 0 fully saturated rings. The number of ether oxygens (including phenoxy) is 1. The lowest BCUT2D eigenvalue weighted by Crippen LogP contribution is -2.22. The van der Waals surface area contributed by atoms with Gasteiger partial charge in [-0.05, 0) is 45.0 Å². The average molecular weight is 288 g/mol. The molecule has 0 saturated heterocycles. The van der Waals surface area contributed by atoms with E-state index >= 15 is 0 Å². The van der Waals surface area contributed by atoms with E-state index in [0.29, 0.717) is 5.75 Å². The Balaban J connectivity index is 2.56. The van der Waals surface area contributed by atoms with Gasteiger partial charge in [0, 0.05) is 0 Å². The van der Waals surface area contributed by atoms with Crippen LogP contribution in [0, 0.1) is 0 Å². The van der Waals surface area contributed by atoms with Crippen LogP contribution in [0.4, 0.5) is 0 Å². The average Bonchev–Trinajstić information content (AvgIpc) is 2.34. The van der Waals surface area contributed by atoms with E-state index in [4.69, 9.17) is 14.5 Å². The van der Waals surface area contributed by atoms with Gasteiger partial charge in [-0.25, -0.2) is 18.2 Å². The van der Waals surface area contributed by atoms with Gasteiger partial charge in [-0.15, -0.1) is 0 Å². The lowest BCUT2D eigenvalue weighted by Gasteiger charge is -2.17. The van der Waals surface area contributed by atoms with Gasteiger partial charge >= 0.3 is 0 Å². The zero-order valence-electron chi connectivity index (χ0n) is 11.7. The van der Waals surface area contributed by atoms with Gasteiger partial charge in [-0.2, -0.15) is 0 Å². The molecular formula is C13H20O5S. The monoisotopic (exact) mass is 288 g/mol. The van der Waals surface area contributed by atoms with E-state index in [9.17, 15) is 8.42 Å². The standard InChI is InChI=1S/C13H20O5S/c1-13(2,3)18-17-9-10-19(14,15)12-7-5-11(16-4)6-8-12/h5-8H,9-10H2,1-4H3. The minimum Gasteiger partial charge on any atom is -0.497 e. The smallest absolute Gasteiger partial charge is 0.180 e. The van der Waals surface area contributed by atoms with Gasteiger partial charge in [0.25, 0.3) is 0 Å². The van der Waals surface area contributed by atoms with Crippen LogP contribution < -0.4 is 4.74 Å². The van der Waals surface area contributed by atoms with Crippen molar-refractivity contribution in [2.45, 2.75) is 31.3 Å². The highest BCUT2D eigenvalue weighted by Crippen LogP contribution is 2.17. The summed E-state index contributed by atoms with van der Waals surface area (Å²) in [7, 11) is -1.83. The minimum absolute atomic E-state index is 0.00830. The first-order valence-corrected chi connectivity index (χ1v) is 7.57. The lowest BCUT2D eigenvalue weighted by atomic mass is 10.2. The van der Waals surface area contributed by atoms with Crippen molar-refractivity contribution < 1.29 is 22.9 Å². The zero-order chi connectivity index (χ0) is 14.5. The summed E-state index contributed by atoms with van der Waals surface area (Å²) in [6.07, 6.45) is 0. The topological polar surface area (TPSA) is 61.8 Å². The predicted molar refractivity (Wildman–Crippen MR) is 71.8 cm³/mol. The van der Waals surface area contributed by atoms with E-state index < -0.39 is 15.4 Å². The molecule has 0 aliphatic heterocycles. The molecule has 0 heterocycles. The zero-order valence-corrected chi connectivity index (χ0v) is 12.5. The summed E-state index contributed by atoms with van der Waals surface area (Å²) in [6.45, 7) is 5.46. The minimum atomic E-state index is -3.36. The summed E-state index contributed by atoms with van der Waals surface area (Å²) < 4.78 is 28.9. The highest BCUT2D eigenvalue weighted by molar-refractivity contribution is 7.91. The molecule has 0 bridgehead atoms. The first-order valence-electron chi connectivity index (χ1n) is 5.92. The molecule has 6 heteroatoms. The maximum atomic E-state index is 12.0. The molecule has 1 aromatic carbocycles. The second-order valence-electron chi connectivity index (χ2n) is 5.01. The second kappa shape index (κ2) is 6.36. The number of sulfone groups is 1. The molecule has 108 valence electrons. The van der Waals surface area contributed by atoms with Crippen molar-refractivity contribution in [3.05, 3.63) is 24.3 Å². The normalized spacial score (nSPS) is 12.4.